The lowest BCUT2D eigenvalue weighted by Crippen LogP contribution is -2.58. The van der Waals surface area contributed by atoms with E-state index >= 15 is 0 Å². The number of alkyl halides is 6. The summed E-state index contributed by atoms with van der Waals surface area (Å²) in [6, 6.07) is 0. The lowest BCUT2D eigenvalue weighted by Gasteiger charge is -2.31. The second-order valence-corrected chi connectivity index (χ2v) is 15.1. The Bertz CT molecular complexity index is 1200. The van der Waals surface area contributed by atoms with Crippen LogP contribution >= 0.6 is 69.6 Å². The van der Waals surface area contributed by atoms with Crippen LogP contribution < -0.4 is 21.3 Å². The summed E-state index contributed by atoms with van der Waals surface area (Å²) >= 11 is 33.9. The molecule has 0 aliphatic carbocycles. The Morgan fingerprint density at radius 2 is 0.927 bits per heavy atom. The van der Waals surface area contributed by atoms with Gasteiger partial charge in [-0.1, -0.05) is 83.5 Å². The van der Waals surface area contributed by atoms with Gasteiger partial charge in [-0.05, 0) is 33.1 Å². The number of hydrogen-bond acceptors (Lipinski definition) is 10. The number of amides is 4. The molecule has 0 unspecified atom stereocenters. The van der Waals surface area contributed by atoms with E-state index in [2.05, 4.69) is 41.7 Å². The van der Waals surface area contributed by atoms with E-state index in [-0.39, 0.29) is 13.1 Å². The van der Waals surface area contributed by atoms with E-state index in [9.17, 15) is 19.2 Å². The molecule has 0 atom stereocenters. The maximum Gasteiger partial charge on any atom is 0.309 e. The van der Waals surface area contributed by atoms with Crippen molar-refractivity contribution in [3.05, 3.63) is 23.6 Å². The summed E-state index contributed by atoms with van der Waals surface area (Å²) in [6.45, 7) is 9.54. The third-order valence-corrected chi connectivity index (χ3v) is 6.14. The fourth-order valence-electron chi connectivity index (χ4n) is 2.79. The van der Waals surface area contributed by atoms with Crippen LogP contribution in [-0.2, 0) is 17.2 Å². The van der Waals surface area contributed by atoms with Crippen molar-refractivity contribution in [2.24, 2.45) is 5.41 Å². The summed E-state index contributed by atoms with van der Waals surface area (Å²) in [5.74, 6) is -4.66. The Kier molecular flexibility index (Phi) is 10.8. The molecule has 2 heterocycles. The lowest BCUT2D eigenvalue weighted by atomic mass is 9.92. The van der Waals surface area contributed by atoms with Gasteiger partial charge >= 0.3 is 23.6 Å². The standard InChI is InChI=1S/C21H26Cl6N8O6/c1-17(2,7-28-13(38)18(3,4)30-9(36)11-32-34-15(40-11)20(22,23)24)8-29-14(39)19(5,6)31-10(37)12-33-35-16(41-12)21(25,26)27/h7-8H2,1-6H3,(H,28,38)(H,29,39)(H,30,36)(H,31,37). The molecule has 0 fully saturated rings. The second-order valence-electron chi connectivity index (χ2n) is 10.5. The van der Waals surface area contributed by atoms with E-state index in [1.54, 1.807) is 13.8 Å². The molecule has 0 saturated carbocycles. The number of rotatable bonds is 10. The molecule has 0 aliphatic heterocycles. The molecule has 0 spiro atoms. The van der Waals surface area contributed by atoms with Crippen LogP contribution in [0.3, 0.4) is 0 Å². The first-order chi connectivity index (χ1) is 18.4. The Labute approximate surface area is 264 Å². The molecular weight excluding hydrogens is 673 g/mol. The minimum absolute atomic E-state index is 0.0952. The highest BCUT2D eigenvalue weighted by atomic mass is 35.6. The van der Waals surface area contributed by atoms with Crippen LogP contribution in [0.25, 0.3) is 0 Å². The van der Waals surface area contributed by atoms with Gasteiger partial charge in [0.2, 0.25) is 11.8 Å². The zero-order valence-corrected chi connectivity index (χ0v) is 27.0. The Balaban J connectivity index is 1.90. The Morgan fingerprint density at radius 3 is 1.20 bits per heavy atom. The molecule has 228 valence electrons. The monoisotopic (exact) mass is 696 g/mol. The molecule has 0 saturated heterocycles. The minimum atomic E-state index is -2.02. The summed E-state index contributed by atoms with van der Waals surface area (Å²) in [4.78, 5) is 50.6. The number of carbonyl (C=O) groups excluding carboxylic acids is 4. The molecule has 20 heteroatoms. The quantitative estimate of drug-likeness (QED) is 0.268. The summed E-state index contributed by atoms with van der Waals surface area (Å²) in [7, 11) is 0. The van der Waals surface area contributed by atoms with Crippen LogP contribution in [0.15, 0.2) is 8.83 Å². The number of nitrogens with zero attached hydrogens (tertiary/aromatic N) is 4. The maximum atomic E-state index is 12.8. The van der Waals surface area contributed by atoms with E-state index in [4.69, 9.17) is 78.4 Å². The van der Waals surface area contributed by atoms with Gasteiger partial charge in [-0.3, -0.25) is 19.2 Å². The Morgan fingerprint density at radius 1 is 0.610 bits per heavy atom. The third-order valence-electron chi connectivity index (χ3n) is 5.17. The van der Waals surface area contributed by atoms with Crippen molar-refractivity contribution in [2.75, 3.05) is 13.1 Å². The maximum absolute atomic E-state index is 12.8. The third kappa shape index (κ3) is 10.00. The van der Waals surface area contributed by atoms with Crippen LogP contribution in [0.1, 0.15) is 74.7 Å². The largest absolute Gasteiger partial charge is 0.412 e. The van der Waals surface area contributed by atoms with E-state index in [0.717, 1.165) is 0 Å². The SMILES string of the molecule is CC(C)(CNC(=O)C(C)(C)NC(=O)c1nnc(C(Cl)(Cl)Cl)o1)CNC(=O)C(C)(C)NC(=O)c1nnc(C(Cl)(Cl)Cl)o1. The van der Waals surface area contributed by atoms with E-state index in [1.807, 2.05) is 0 Å². The summed E-state index contributed by atoms with van der Waals surface area (Å²) in [5, 5.41) is 24.3. The molecule has 0 aromatic carbocycles. The molecule has 0 bridgehead atoms. The summed E-state index contributed by atoms with van der Waals surface area (Å²) in [5.41, 5.74) is -3.49. The van der Waals surface area contributed by atoms with Crippen LogP contribution in [-0.4, -0.2) is 68.2 Å². The highest BCUT2D eigenvalue weighted by Gasteiger charge is 2.37. The number of aromatic nitrogens is 4. The molecule has 4 N–H and O–H groups in total. The van der Waals surface area contributed by atoms with Gasteiger partial charge in [0.05, 0.1) is 0 Å². The highest BCUT2D eigenvalue weighted by molar-refractivity contribution is 6.66. The van der Waals surface area contributed by atoms with Gasteiger partial charge in [-0.15, -0.1) is 20.4 Å². The van der Waals surface area contributed by atoms with Crippen LogP contribution in [0.5, 0.6) is 0 Å². The zero-order chi connectivity index (χ0) is 31.6. The van der Waals surface area contributed by atoms with Crippen molar-refractivity contribution in [3.8, 4) is 0 Å². The van der Waals surface area contributed by atoms with Gasteiger partial charge < -0.3 is 30.1 Å². The molecular formula is C21H26Cl6N8O6. The first-order valence-electron chi connectivity index (χ1n) is 11.5. The second kappa shape index (κ2) is 12.6. The molecule has 41 heavy (non-hydrogen) atoms. The summed E-state index contributed by atoms with van der Waals surface area (Å²) in [6.07, 6.45) is 0. The highest BCUT2D eigenvalue weighted by Crippen LogP contribution is 2.37. The van der Waals surface area contributed by atoms with Crippen LogP contribution in [0, 0.1) is 5.41 Å². The van der Waals surface area contributed by atoms with Gasteiger partial charge in [0, 0.05) is 13.1 Å². The number of nitrogens with one attached hydrogen (secondary N) is 4. The molecule has 0 radical (unpaired) electrons. The normalized spacial score (nSPS) is 13.0. The first-order valence-corrected chi connectivity index (χ1v) is 13.7. The molecule has 0 aliphatic rings. The predicted molar refractivity (Wildman–Crippen MR) is 150 cm³/mol. The molecule has 2 aromatic rings. The van der Waals surface area contributed by atoms with E-state index in [1.165, 1.54) is 27.7 Å². The molecule has 4 amide bonds. The number of hydrogen-bond donors (Lipinski definition) is 4. The fourth-order valence-corrected chi connectivity index (χ4v) is 3.25. The van der Waals surface area contributed by atoms with Crippen molar-refractivity contribution >= 4 is 93.2 Å². The van der Waals surface area contributed by atoms with E-state index in [0.29, 0.717) is 0 Å². The first kappa shape index (κ1) is 35.1. The fraction of sp³-hybridized carbons (Fsp3) is 0.619. The smallest absolute Gasteiger partial charge is 0.309 e. The van der Waals surface area contributed by atoms with Gasteiger partial charge in [0.1, 0.15) is 11.1 Å². The summed E-state index contributed by atoms with van der Waals surface area (Å²) < 4.78 is 6.03. The number of halogens is 6. The van der Waals surface area contributed by atoms with Crippen molar-refractivity contribution in [3.63, 3.8) is 0 Å². The van der Waals surface area contributed by atoms with Gasteiger partial charge in [-0.25, -0.2) is 0 Å². The van der Waals surface area contributed by atoms with Crippen LogP contribution in [0.4, 0.5) is 0 Å². The van der Waals surface area contributed by atoms with Crippen molar-refractivity contribution < 1.29 is 28.0 Å². The molecule has 2 aromatic heterocycles. The van der Waals surface area contributed by atoms with Gasteiger partial charge in [0.25, 0.3) is 19.4 Å². The zero-order valence-electron chi connectivity index (χ0n) is 22.4. The molecule has 2 rings (SSSR count). The minimum Gasteiger partial charge on any atom is -0.412 e. The predicted octanol–water partition coefficient (Wildman–Crippen LogP) is 3.08. The van der Waals surface area contributed by atoms with Crippen LogP contribution in [0.2, 0.25) is 0 Å². The van der Waals surface area contributed by atoms with Gasteiger partial charge in [0.15, 0.2) is 0 Å². The average molecular weight is 699 g/mol. The van der Waals surface area contributed by atoms with E-state index < -0.39 is 71.3 Å². The lowest BCUT2D eigenvalue weighted by molar-refractivity contribution is -0.126. The topological polar surface area (TPSA) is 194 Å². The molecule has 14 nitrogen and oxygen atoms in total. The average Bonchev–Trinajstić information content (AvgIpc) is 3.50. The van der Waals surface area contributed by atoms with Crippen molar-refractivity contribution in [1.82, 2.24) is 41.7 Å². The van der Waals surface area contributed by atoms with Crippen molar-refractivity contribution in [1.29, 1.82) is 0 Å². The Hall–Kier alpha value is -2.10. The van der Waals surface area contributed by atoms with Gasteiger partial charge in [-0.2, -0.15) is 0 Å². The van der Waals surface area contributed by atoms with Crippen molar-refractivity contribution in [2.45, 2.75) is 60.2 Å². The number of carbonyl (C=O) groups is 4.